The van der Waals surface area contributed by atoms with E-state index in [1.54, 1.807) is 0 Å². The van der Waals surface area contributed by atoms with Crippen molar-refractivity contribution in [3.8, 4) is 0 Å². The summed E-state index contributed by atoms with van der Waals surface area (Å²) >= 11 is -3.58. The molecule has 0 saturated carbocycles. The van der Waals surface area contributed by atoms with Crippen LogP contribution < -0.4 is 9.79 Å². The Morgan fingerprint density at radius 1 is 1.33 bits per heavy atom. The van der Waals surface area contributed by atoms with Gasteiger partial charge < -0.3 is 0 Å². The van der Waals surface area contributed by atoms with Crippen molar-refractivity contribution >= 4 is 43.8 Å². The molecule has 2 unspecified atom stereocenters. The monoisotopic (exact) mass is 358 g/mol. The first-order chi connectivity index (χ1) is 9.65. The third-order valence-electron chi connectivity index (χ3n) is 2.17. The van der Waals surface area contributed by atoms with Gasteiger partial charge in [-0.1, -0.05) is 0 Å². The van der Waals surface area contributed by atoms with Gasteiger partial charge in [-0.3, -0.25) is 13.5 Å². The zero-order chi connectivity index (χ0) is 16.2. The molecule has 120 valence electrons. The molecule has 0 radical (unpaired) electrons. The van der Waals surface area contributed by atoms with Crippen LogP contribution in [-0.4, -0.2) is 41.8 Å². The first kappa shape index (κ1) is 18.0. The predicted molar refractivity (Wildman–Crippen MR) is 78.6 cm³/mol. The summed E-state index contributed by atoms with van der Waals surface area (Å²) in [5.41, 5.74) is 0.153. The van der Waals surface area contributed by atoms with E-state index >= 15 is 0 Å². The molecule has 12 heteroatoms. The molecular weight excluding hydrogens is 344 g/mol. The van der Waals surface area contributed by atoms with E-state index in [0.717, 1.165) is 18.2 Å². The molecule has 0 amide bonds. The van der Waals surface area contributed by atoms with Crippen LogP contribution in [0.2, 0.25) is 0 Å². The summed E-state index contributed by atoms with van der Waals surface area (Å²) in [6, 6.07) is 3.64. The van der Waals surface area contributed by atoms with Crippen LogP contribution in [0.15, 0.2) is 23.1 Å². The standard InChI is InChI=1S/C9H14N2O7S3/c1-11(18-19(3)12)7-4-5-9(21(14,15)16)8(6-7)10-20(13)17-2/h4-6,10H,1-3H3,(H,14,15,16). The third kappa shape index (κ3) is 5.33. The maximum absolute atomic E-state index is 11.3. The molecule has 2 atom stereocenters. The molecule has 9 nitrogen and oxygen atoms in total. The lowest BCUT2D eigenvalue weighted by Crippen LogP contribution is -2.19. The highest BCUT2D eigenvalue weighted by Gasteiger charge is 2.19. The summed E-state index contributed by atoms with van der Waals surface area (Å²) in [4.78, 5) is -0.484. The Hall–Kier alpha value is -1.05. The molecule has 0 heterocycles. The molecule has 21 heavy (non-hydrogen) atoms. The van der Waals surface area contributed by atoms with Gasteiger partial charge in [0.1, 0.15) is 4.90 Å². The first-order valence-corrected chi connectivity index (χ1v) is 9.25. The number of anilines is 2. The summed E-state index contributed by atoms with van der Waals surface area (Å²) in [6.45, 7) is 0. The Bertz CT molecular complexity index is 661. The van der Waals surface area contributed by atoms with E-state index in [1.165, 1.54) is 25.4 Å². The zero-order valence-corrected chi connectivity index (χ0v) is 13.8. The Balaban J connectivity index is 3.26. The molecule has 0 fully saturated rings. The van der Waals surface area contributed by atoms with Crippen molar-refractivity contribution in [2.45, 2.75) is 4.90 Å². The Labute approximate surface area is 127 Å². The van der Waals surface area contributed by atoms with E-state index in [9.17, 15) is 16.8 Å². The lowest BCUT2D eigenvalue weighted by Gasteiger charge is -2.18. The van der Waals surface area contributed by atoms with Gasteiger partial charge in [0, 0.05) is 13.3 Å². The van der Waals surface area contributed by atoms with Crippen LogP contribution in [0.25, 0.3) is 0 Å². The quantitative estimate of drug-likeness (QED) is 0.525. The Kier molecular flexibility index (Phi) is 6.24. The van der Waals surface area contributed by atoms with Crippen LogP contribution in [0, 0.1) is 0 Å². The fourth-order valence-corrected chi connectivity index (χ4v) is 2.88. The maximum Gasteiger partial charge on any atom is 0.296 e. The number of hydroxylamine groups is 1. The summed E-state index contributed by atoms with van der Waals surface area (Å²) < 4.78 is 65.6. The van der Waals surface area contributed by atoms with E-state index in [-0.39, 0.29) is 5.69 Å². The molecular formula is C9H14N2O7S3. The van der Waals surface area contributed by atoms with Crippen LogP contribution in [0.3, 0.4) is 0 Å². The van der Waals surface area contributed by atoms with Gasteiger partial charge in [-0.15, -0.1) is 0 Å². The van der Waals surface area contributed by atoms with E-state index in [0.29, 0.717) is 5.69 Å². The van der Waals surface area contributed by atoms with Gasteiger partial charge in [0.25, 0.3) is 21.4 Å². The Morgan fingerprint density at radius 3 is 2.43 bits per heavy atom. The van der Waals surface area contributed by atoms with Crippen LogP contribution in [0.5, 0.6) is 0 Å². The minimum Gasteiger partial charge on any atom is -0.282 e. The fraction of sp³-hybridized carbons (Fsp3) is 0.333. The molecule has 0 bridgehead atoms. The highest BCUT2D eigenvalue weighted by molar-refractivity contribution is 7.86. The fourth-order valence-electron chi connectivity index (χ4n) is 1.35. The number of hydrogen-bond acceptors (Lipinski definition) is 7. The lowest BCUT2D eigenvalue weighted by molar-refractivity contribution is 0.336. The molecule has 2 N–H and O–H groups in total. The van der Waals surface area contributed by atoms with Crippen molar-refractivity contribution in [3.63, 3.8) is 0 Å². The molecule has 0 aliphatic carbocycles. The second-order valence-electron chi connectivity index (χ2n) is 3.63. The normalized spacial score (nSPS) is 14.5. The first-order valence-electron chi connectivity index (χ1n) is 5.25. The second-order valence-corrected chi connectivity index (χ2v) is 6.98. The van der Waals surface area contributed by atoms with Crippen molar-refractivity contribution in [2.24, 2.45) is 0 Å². The van der Waals surface area contributed by atoms with E-state index in [2.05, 4.69) is 8.91 Å². The van der Waals surface area contributed by atoms with Gasteiger partial charge in [-0.05, 0) is 18.2 Å². The van der Waals surface area contributed by atoms with Crippen molar-refractivity contribution in [1.82, 2.24) is 0 Å². The van der Waals surface area contributed by atoms with Crippen molar-refractivity contribution in [2.75, 3.05) is 30.2 Å². The van der Waals surface area contributed by atoms with Crippen LogP contribution >= 0.6 is 0 Å². The zero-order valence-electron chi connectivity index (χ0n) is 11.3. The van der Waals surface area contributed by atoms with Gasteiger partial charge in [0.05, 0.1) is 18.5 Å². The molecule has 0 aromatic heterocycles. The molecule has 0 aliphatic rings. The van der Waals surface area contributed by atoms with Crippen molar-refractivity contribution in [1.29, 1.82) is 0 Å². The van der Waals surface area contributed by atoms with Crippen LogP contribution in [0.1, 0.15) is 0 Å². The van der Waals surface area contributed by atoms with Gasteiger partial charge in [-0.25, -0.2) is 13.5 Å². The summed E-state index contributed by atoms with van der Waals surface area (Å²) in [5, 5.41) is 1.13. The second kappa shape index (κ2) is 7.29. The predicted octanol–water partition coefficient (Wildman–Crippen LogP) is 0.232. The lowest BCUT2D eigenvalue weighted by atomic mass is 10.3. The summed E-state index contributed by atoms with van der Waals surface area (Å²) in [5.74, 6) is 0. The molecule has 1 aromatic rings. The van der Waals surface area contributed by atoms with E-state index < -0.39 is 37.4 Å². The number of nitrogens with zero attached hydrogens (tertiary/aromatic N) is 1. The third-order valence-corrected chi connectivity index (χ3v) is 4.20. The number of rotatable bonds is 7. The average molecular weight is 358 g/mol. The Morgan fingerprint density at radius 2 is 1.95 bits per heavy atom. The largest absolute Gasteiger partial charge is 0.296 e. The minimum atomic E-state index is -4.52. The van der Waals surface area contributed by atoms with Crippen molar-refractivity contribution in [3.05, 3.63) is 18.2 Å². The SMILES string of the molecule is COS(=O)Nc1cc(N(C)OS(C)=O)ccc1S(=O)(=O)O. The molecule has 1 rings (SSSR count). The van der Waals surface area contributed by atoms with Crippen LogP contribution in [-0.2, 0) is 40.9 Å². The van der Waals surface area contributed by atoms with Crippen LogP contribution in [0.4, 0.5) is 11.4 Å². The smallest absolute Gasteiger partial charge is 0.282 e. The van der Waals surface area contributed by atoms with Gasteiger partial charge in [0.2, 0.25) is 0 Å². The van der Waals surface area contributed by atoms with Gasteiger partial charge >= 0.3 is 0 Å². The van der Waals surface area contributed by atoms with Crippen molar-refractivity contribution < 1.29 is 29.9 Å². The van der Waals surface area contributed by atoms with E-state index in [1.807, 2.05) is 0 Å². The number of nitrogens with one attached hydrogen (secondary N) is 1. The molecule has 0 aliphatic heterocycles. The minimum absolute atomic E-state index is 0.160. The molecule has 1 aromatic carbocycles. The summed E-state index contributed by atoms with van der Waals surface area (Å²) in [7, 11) is -1.93. The summed E-state index contributed by atoms with van der Waals surface area (Å²) in [6.07, 6.45) is 1.31. The van der Waals surface area contributed by atoms with Gasteiger partial charge in [0.15, 0.2) is 11.1 Å². The highest BCUT2D eigenvalue weighted by atomic mass is 32.2. The van der Waals surface area contributed by atoms with E-state index in [4.69, 9.17) is 8.84 Å². The highest BCUT2D eigenvalue weighted by Crippen LogP contribution is 2.27. The maximum atomic E-state index is 11.3. The molecule has 0 spiro atoms. The number of hydrogen-bond donors (Lipinski definition) is 2. The average Bonchev–Trinajstić information content (AvgIpc) is 2.36. The molecule has 0 saturated heterocycles. The topological polar surface area (TPSA) is 122 Å². The van der Waals surface area contributed by atoms with Gasteiger partial charge in [-0.2, -0.15) is 12.7 Å². The number of benzene rings is 1.